The highest BCUT2D eigenvalue weighted by atomic mass is 32.1. The van der Waals surface area contributed by atoms with Crippen LogP contribution < -0.4 is 16.4 Å². The second-order valence-electron chi connectivity index (χ2n) is 7.10. The van der Waals surface area contributed by atoms with E-state index < -0.39 is 0 Å². The number of nitrogens with two attached hydrogens (primary N) is 1. The molecule has 4 N–H and O–H groups in total. The van der Waals surface area contributed by atoms with Crippen LogP contribution in [0.3, 0.4) is 0 Å². The van der Waals surface area contributed by atoms with Gasteiger partial charge >= 0.3 is 0 Å². The maximum Gasteiger partial charge on any atom is 0.275 e. The Bertz CT molecular complexity index is 1010. The average molecular weight is 407 g/mol. The fourth-order valence-electron chi connectivity index (χ4n) is 3.34. The molecule has 0 aliphatic carbocycles. The molecule has 0 spiro atoms. The van der Waals surface area contributed by atoms with Crippen molar-refractivity contribution in [2.24, 2.45) is 0 Å². The third-order valence-corrected chi connectivity index (χ3v) is 5.99. The minimum Gasteiger partial charge on any atom is -0.399 e. The highest BCUT2D eigenvalue weighted by molar-refractivity contribution is 7.10. The SMILES string of the molecule is Nc1ccc(C(=O)c2ccc(NC(=O)c3csc(C4CCCNC4)n3)cc2)cc1. The van der Waals surface area contributed by atoms with Gasteiger partial charge in [0, 0.05) is 40.3 Å². The third-order valence-electron chi connectivity index (χ3n) is 4.98. The minimum atomic E-state index is -0.242. The summed E-state index contributed by atoms with van der Waals surface area (Å²) in [4.78, 5) is 29.6. The average Bonchev–Trinajstić information content (AvgIpc) is 3.26. The lowest BCUT2D eigenvalue weighted by molar-refractivity contribution is 0.102. The molecule has 2 heterocycles. The summed E-state index contributed by atoms with van der Waals surface area (Å²) in [6, 6.07) is 13.7. The number of rotatable bonds is 5. The van der Waals surface area contributed by atoms with Gasteiger partial charge in [0.2, 0.25) is 0 Å². The van der Waals surface area contributed by atoms with Crippen LogP contribution in [0.25, 0.3) is 0 Å². The lowest BCUT2D eigenvalue weighted by atomic mass is 10.0. The summed E-state index contributed by atoms with van der Waals surface area (Å²) in [6.07, 6.45) is 2.23. The Morgan fingerprint density at radius 2 is 1.76 bits per heavy atom. The molecule has 1 amide bonds. The molecule has 3 aromatic rings. The molecule has 0 radical (unpaired) electrons. The lowest BCUT2D eigenvalue weighted by Crippen LogP contribution is -2.28. The number of amides is 1. The number of carbonyl (C=O) groups excluding carboxylic acids is 2. The zero-order valence-corrected chi connectivity index (χ0v) is 16.7. The second kappa shape index (κ2) is 8.55. The number of ketones is 1. The number of thiazole rings is 1. The van der Waals surface area contributed by atoms with Gasteiger partial charge in [-0.25, -0.2) is 4.98 Å². The molecular formula is C22H22N4O2S. The fourth-order valence-corrected chi connectivity index (χ4v) is 4.28. The molecule has 2 aromatic carbocycles. The normalized spacial score (nSPS) is 16.3. The molecule has 1 fully saturated rings. The van der Waals surface area contributed by atoms with E-state index in [-0.39, 0.29) is 11.7 Å². The van der Waals surface area contributed by atoms with Crippen molar-refractivity contribution in [3.63, 3.8) is 0 Å². The van der Waals surface area contributed by atoms with E-state index >= 15 is 0 Å². The highest BCUT2D eigenvalue weighted by Gasteiger charge is 2.20. The zero-order valence-electron chi connectivity index (χ0n) is 15.9. The zero-order chi connectivity index (χ0) is 20.2. The van der Waals surface area contributed by atoms with Crippen molar-refractivity contribution in [2.75, 3.05) is 24.1 Å². The first kappa shape index (κ1) is 19.3. The Balaban J connectivity index is 1.40. The van der Waals surface area contributed by atoms with Crippen molar-refractivity contribution in [3.8, 4) is 0 Å². The van der Waals surface area contributed by atoms with E-state index in [1.807, 2.05) is 0 Å². The van der Waals surface area contributed by atoms with Crippen LogP contribution in [0, 0.1) is 0 Å². The Hall–Kier alpha value is -3.03. The van der Waals surface area contributed by atoms with Crippen molar-refractivity contribution < 1.29 is 9.59 Å². The highest BCUT2D eigenvalue weighted by Crippen LogP contribution is 2.26. The third kappa shape index (κ3) is 4.52. The van der Waals surface area contributed by atoms with Crippen LogP contribution in [0.2, 0.25) is 0 Å². The summed E-state index contributed by atoms with van der Waals surface area (Å²) < 4.78 is 0. The van der Waals surface area contributed by atoms with Crippen LogP contribution in [0.4, 0.5) is 11.4 Å². The molecule has 4 rings (SSSR count). The summed E-state index contributed by atoms with van der Waals surface area (Å²) in [6.45, 7) is 1.96. The Morgan fingerprint density at radius 3 is 2.41 bits per heavy atom. The predicted octanol–water partition coefficient (Wildman–Crippen LogP) is 3.68. The first-order valence-corrected chi connectivity index (χ1v) is 10.5. The molecule has 1 atom stereocenters. The molecule has 1 aliphatic rings. The van der Waals surface area contributed by atoms with Crippen LogP contribution in [0.1, 0.15) is 50.2 Å². The van der Waals surface area contributed by atoms with Crippen LogP contribution >= 0.6 is 11.3 Å². The van der Waals surface area contributed by atoms with Gasteiger partial charge in [-0.2, -0.15) is 0 Å². The first-order chi connectivity index (χ1) is 14.1. The van der Waals surface area contributed by atoms with E-state index in [0.717, 1.165) is 30.9 Å². The van der Waals surface area contributed by atoms with Crippen molar-refractivity contribution in [1.29, 1.82) is 0 Å². The van der Waals surface area contributed by atoms with Crippen molar-refractivity contribution in [2.45, 2.75) is 18.8 Å². The number of benzene rings is 2. The minimum absolute atomic E-state index is 0.0897. The molecule has 0 saturated carbocycles. The van der Waals surface area contributed by atoms with Crippen LogP contribution in [0.5, 0.6) is 0 Å². The number of anilines is 2. The van der Waals surface area contributed by atoms with Gasteiger partial charge in [0.25, 0.3) is 5.91 Å². The first-order valence-electron chi connectivity index (χ1n) is 9.58. The van der Waals surface area contributed by atoms with Gasteiger partial charge in [-0.05, 0) is 67.9 Å². The molecule has 1 aliphatic heterocycles. The molecule has 6 nitrogen and oxygen atoms in total. The fraction of sp³-hybridized carbons (Fsp3) is 0.227. The number of piperidine rings is 1. The maximum absolute atomic E-state index is 12.5. The monoisotopic (exact) mass is 406 g/mol. The van der Waals surface area contributed by atoms with Crippen LogP contribution in [-0.4, -0.2) is 29.8 Å². The molecule has 7 heteroatoms. The summed E-state index contributed by atoms with van der Waals surface area (Å²) >= 11 is 1.53. The molecule has 148 valence electrons. The van der Waals surface area contributed by atoms with Gasteiger partial charge in [0.1, 0.15) is 5.69 Å². The van der Waals surface area contributed by atoms with E-state index in [0.29, 0.717) is 34.1 Å². The van der Waals surface area contributed by atoms with Gasteiger partial charge < -0.3 is 16.4 Å². The van der Waals surface area contributed by atoms with Crippen molar-refractivity contribution in [3.05, 3.63) is 75.7 Å². The number of nitrogen functional groups attached to an aromatic ring is 1. The molecule has 1 aromatic heterocycles. The number of hydrogen-bond donors (Lipinski definition) is 3. The summed E-state index contributed by atoms with van der Waals surface area (Å²) in [5.74, 6) is 0.0518. The smallest absolute Gasteiger partial charge is 0.275 e. The Morgan fingerprint density at radius 1 is 1.07 bits per heavy atom. The largest absolute Gasteiger partial charge is 0.399 e. The Labute approximate surface area is 173 Å². The lowest BCUT2D eigenvalue weighted by Gasteiger charge is -2.20. The van der Waals surface area contributed by atoms with Crippen molar-refractivity contribution in [1.82, 2.24) is 10.3 Å². The van der Waals surface area contributed by atoms with E-state index in [4.69, 9.17) is 5.73 Å². The van der Waals surface area contributed by atoms with Gasteiger partial charge in [-0.15, -0.1) is 11.3 Å². The van der Waals surface area contributed by atoms with E-state index in [1.165, 1.54) is 11.3 Å². The number of carbonyl (C=O) groups is 2. The standard InChI is InChI=1S/C22H22N4O2S/c23-17-7-3-14(4-8-17)20(27)15-5-9-18(10-6-15)25-21(28)19-13-29-22(26-19)16-2-1-11-24-12-16/h3-10,13,16,24H,1-2,11-12,23H2,(H,25,28). The van der Waals surface area contributed by atoms with E-state index in [9.17, 15) is 9.59 Å². The summed E-state index contributed by atoms with van der Waals surface area (Å²) in [7, 11) is 0. The van der Waals surface area contributed by atoms with Gasteiger partial charge in [-0.3, -0.25) is 9.59 Å². The molecule has 1 unspecified atom stereocenters. The maximum atomic E-state index is 12.5. The second-order valence-corrected chi connectivity index (χ2v) is 7.99. The Kier molecular flexibility index (Phi) is 5.69. The van der Waals surface area contributed by atoms with Gasteiger partial charge in [0.05, 0.1) is 5.01 Å². The van der Waals surface area contributed by atoms with E-state index in [2.05, 4.69) is 15.6 Å². The number of nitrogens with one attached hydrogen (secondary N) is 2. The topological polar surface area (TPSA) is 97.1 Å². The molecular weight excluding hydrogens is 384 g/mol. The van der Waals surface area contributed by atoms with Gasteiger partial charge in [0.15, 0.2) is 5.78 Å². The van der Waals surface area contributed by atoms with E-state index in [1.54, 1.807) is 53.9 Å². The van der Waals surface area contributed by atoms with Crippen LogP contribution in [0.15, 0.2) is 53.9 Å². The molecule has 1 saturated heterocycles. The summed E-state index contributed by atoms with van der Waals surface area (Å²) in [5, 5.41) is 9.03. The van der Waals surface area contributed by atoms with Crippen LogP contribution in [-0.2, 0) is 0 Å². The van der Waals surface area contributed by atoms with Crippen molar-refractivity contribution >= 4 is 34.4 Å². The quantitative estimate of drug-likeness (QED) is 0.444. The van der Waals surface area contributed by atoms with Gasteiger partial charge in [-0.1, -0.05) is 0 Å². The molecule has 29 heavy (non-hydrogen) atoms. The number of nitrogens with zero attached hydrogens (tertiary/aromatic N) is 1. The predicted molar refractivity (Wildman–Crippen MR) is 116 cm³/mol. The summed E-state index contributed by atoms with van der Waals surface area (Å²) in [5.41, 5.74) is 8.45. The number of hydrogen-bond acceptors (Lipinski definition) is 6. The number of aromatic nitrogens is 1. The molecule has 0 bridgehead atoms.